The Kier molecular flexibility index (Phi) is 1.51. The first kappa shape index (κ1) is 7.50. The van der Waals surface area contributed by atoms with E-state index >= 15 is 0 Å². The van der Waals surface area contributed by atoms with Crippen molar-refractivity contribution in [1.82, 2.24) is 4.98 Å². The Morgan fingerprint density at radius 2 is 2.17 bits per heavy atom. The van der Waals surface area contributed by atoms with E-state index in [4.69, 9.17) is 11.6 Å². The summed E-state index contributed by atoms with van der Waals surface area (Å²) >= 11 is 5.86. The van der Waals surface area contributed by atoms with Crippen molar-refractivity contribution in [3.8, 4) is 5.75 Å². The van der Waals surface area contributed by atoms with Crippen LogP contribution in [0.2, 0.25) is 5.15 Å². The van der Waals surface area contributed by atoms with Gasteiger partial charge in [0.2, 0.25) is 0 Å². The molecule has 0 atom stereocenters. The van der Waals surface area contributed by atoms with Gasteiger partial charge in [0.05, 0.1) is 5.52 Å². The van der Waals surface area contributed by atoms with Crippen LogP contribution in [0.25, 0.3) is 10.9 Å². The van der Waals surface area contributed by atoms with E-state index in [0.717, 1.165) is 16.5 Å². The van der Waals surface area contributed by atoms with Crippen molar-refractivity contribution in [3.63, 3.8) is 0 Å². The predicted octanol–water partition coefficient (Wildman–Crippen LogP) is 2.84. The number of phenolic OH excluding ortho intramolecular Hbond substituents is 1. The molecule has 1 aromatic carbocycles. The second kappa shape index (κ2) is 2.42. The quantitative estimate of drug-likeness (QED) is 0.644. The lowest BCUT2D eigenvalue weighted by atomic mass is 10.2. The molecule has 0 saturated carbocycles. The smallest absolute Gasteiger partial charge is 0.125 e. The van der Waals surface area contributed by atoms with Gasteiger partial charge in [0.15, 0.2) is 0 Å². The lowest BCUT2D eigenvalue weighted by Gasteiger charge is -1.94. The van der Waals surface area contributed by atoms with Crippen LogP contribution in [0.4, 0.5) is 0 Å². The van der Waals surface area contributed by atoms with Crippen molar-refractivity contribution in [2.45, 2.75) is 6.92 Å². The van der Waals surface area contributed by atoms with Gasteiger partial charge in [0, 0.05) is 5.39 Å². The number of H-pyrrole nitrogens is 1. The van der Waals surface area contributed by atoms with E-state index in [0.29, 0.717) is 5.15 Å². The van der Waals surface area contributed by atoms with E-state index < -0.39 is 0 Å². The molecule has 2 nitrogen and oxygen atoms in total. The molecule has 0 aliphatic heterocycles. The summed E-state index contributed by atoms with van der Waals surface area (Å²) in [6.45, 7) is 1.88. The molecule has 0 unspecified atom stereocenters. The third-order valence-electron chi connectivity index (χ3n) is 1.99. The zero-order valence-corrected chi connectivity index (χ0v) is 7.31. The van der Waals surface area contributed by atoms with Gasteiger partial charge in [0.25, 0.3) is 0 Å². The maximum Gasteiger partial charge on any atom is 0.125 e. The molecule has 2 N–H and O–H groups in total. The highest BCUT2D eigenvalue weighted by Gasteiger charge is 2.07. The lowest BCUT2D eigenvalue weighted by Crippen LogP contribution is -1.69. The fourth-order valence-electron chi connectivity index (χ4n) is 1.36. The second-order valence-electron chi connectivity index (χ2n) is 2.76. The van der Waals surface area contributed by atoms with E-state index in [2.05, 4.69) is 4.98 Å². The first-order valence-electron chi connectivity index (χ1n) is 3.66. The molecule has 0 bridgehead atoms. The molecule has 0 fully saturated rings. The van der Waals surface area contributed by atoms with Crippen LogP contribution < -0.4 is 0 Å². The number of aryl methyl sites for hydroxylation is 1. The number of aromatic amines is 1. The maximum atomic E-state index is 9.49. The van der Waals surface area contributed by atoms with Crippen LogP contribution in [0.1, 0.15) is 5.56 Å². The molecule has 0 radical (unpaired) electrons. The van der Waals surface area contributed by atoms with E-state index in [1.54, 1.807) is 12.1 Å². The molecule has 62 valence electrons. The van der Waals surface area contributed by atoms with Gasteiger partial charge in [-0.05, 0) is 24.6 Å². The summed E-state index contributed by atoms with van der Waals surface area (Å²) in [5.74, 6) is 0.271. The van der Waals surface area contributed by atoms with Crippen molar-refractivity contribution in [2.24, 2.45) is 0 Å². The van der Waals surface area contributed by atoms with E-state index in [-0.39, 0.29) is 5.75 Å². The van der Waals surface area contributed by atoms with Gasteiger partial charge < -0.3 is 10.1 Å². The number of benzene rings is 1. The van der Waals surface area contributed by atoms with Crippen molar-refractivity contribution < 1.29 is 5.11 Å². The molecule has 0 amide bonds. The fraction of sp³-hybridized carbons (Fsp3) is 0.111. The molecular weight excluding hydrogens is 174 g/mol. The van der Waals surface area contributed by atoms with Crippen LogP contribution in [-0.4, -0.2) is 10.1 Å². The number of rotatable bonds is 0. The lowest BCUT2D eigenvalue weighted by molar-refractivity contribution is 0.481. The molecule has 1 aromatic heterocycles. The second-order valence-corrected chi connectivity index (χ2v) is 3.14. The molecule has 3 heteroatoms. The average molecular weight is 182 g/mol. The van der Waals surface area contributed by atoms with Crippen molar-refractivity contribution >= 4 is 22.5 Å². The molecule has 0 saturated heterocycles. The molecule has 2 rings (SSSR count). The molecule has 0 spiro atoms. The zero-order valence-electron chi connectivity index (χ0n) is 6.56. The van der Waals surface area contributed by atoms with Gasteiger partial charge >= 0.3 is 0 Å². The minimum absolute atomic E-state index is 0.271. The first-order valence-corrected chi connectivity index (χ1v) is 4.03. The molecule has 12 heavy (non-hydrogen) atoms. The Morgan fingerprint density at radius 1 is 1.42 bits per heavy atom. The minimum Gasteiger partial charge on any atom is -0.507 e. The number of phenols is 1. The Bertz CT molecular complexity index is 433. The summed E-state index contributed by atoms with van der Waals surface area (Å²) < 4.78 is 0. The normalized spacial score (nSPS) is 10.8. The predicted molar refractivity (Wildman–Crippen MR) is 49.7 cm³/mol. The SMILES string of the molecule is Cc1c(Cl)[nH]c2cccc(O)c12. The summed E-state index contributed by atoms with van der Waals surface area (Å²) in [5.41, 5.74) is 1.77. The van der Waals surface area contributed by atoms with Gasteiger partial charge in [-0.2, -0.15) is 0 Å². The maximum absolute atomic E-state index is 9.49. The highest BCUT2D eigenvalue weighted by atomic mass is 35.5. The van der Waals surface area contributed by atoms with Crippen LogP contribution in [0.15, 0.2) is 18.2 Å². The molecule has 0 aliphatic carbocycles. The number of fused-ring (bicyclic) bond motifs is 1. The van der Waals surface area contributed by atoms with Gasteiger partial charge in [-0.1, -0.05) is 17.7 Å². The number of hydrogen-bond acceptors (Lipinski definition) is 1. The van der Waals surface area contributed by atoms with Crippen molar-refractivity contribution in [1.29, 1.82) is 0 Å². The van der Waals surface area contributed by atoms with E-state index in [9.17, 15) is 5.11 Å². The van der Waals surface area contributed by atoms with Gasteiger partial charge in [-0.15, -0.1) is 0 Å². The van der Waals surface area contributed by atoms with E-state index in [1.165, 1.54) is 0 Å². The summed E-state index contributed by atoms with van der Waals surface area (Å²) in [6, 6.07) is 5.32. The number of hydrogen-bond donors (Lipinski definition) is 2. The molecule has 2 aromatic rings. The van der Waals surface area contributed by atoms with Gasteiger partial charge in [-0.25, -0.2) is 0 Å². The highest BCUT2D eigenvalue weighted by Crippen LogP contribution is 2.31. The van der Waals surface area contributed by atoms with Crippen LogP contribution in [-0.2, 0) is 0 Å². The number of aromatic hydroxyl groups is 1. The molecular formula is C9H8ClNO. The highest BCUT2D eigenvalue weighted by molar-refractivity contribution is 6.31. The fourth-order valence-corrected chi connectivity index (χ4v) is 1.56. The number of halogens is 1. The number of aromatic nitrogens is 1. The third-order valence-corrected chi connectivity index (χ3v) is 2.37. The molecule has 1 heterocycles. The Hall–Kier alpha value is -1.15. The van der Waals surface area contributed by atoms with Crippen LogP contribution in [0, 0.1) is 6.92 Å². The summed E-state index contributed by atoms with van der Waals surface area (Å²) in [5, 5.41) is 10.9. The van der Waals surface area contributed by atoms with Crippen molar-refractivity contribution in [2.75, 3.05) is 0 Å². The van der Waals surface area contributed by atoms with Crippen molar-refractivity contribution in [3.05, 3.63) is 28.9 Å². The summed E-state index contributed by atoms with van der Waals surface area (Å²) in [4.78, 5) is 2.97. The van der Waals surface area contributed by atoms with Crippen LogP contribution in [0.3, 0.4) is 0 Å². The Morgan fingerprint density at radius 3 is 2.83 bits per heavy atom. The molecule has 0 aliphatic rings. The first-order chi connectivity index (χ1) is 5.70. The van der Waals surface area contributed by atoms with E-state index in [1.807, 2.05) is 13.0 Å². The average Bonchev–Trinajstić information content (AvgIpc) is 2.29. The topological polar surface area (TPSA) is 36.0 Å². The summed E-state index contributed by atoms with van der Waals surface area (Å²) in [7, 11) is 0. The largest absolute Gasteiger partial charge is 0.507 e. The third kappa shape index (κ3) is 0.883. The monoisotopic (exact) mass is 181 g/mol. The van der Waals surface area contributed by atoms with Crippen LogP contribution >= 0.6 is 11.6 Å². The zero-order chi connectivity index (χ0) is 8.72. The van der Waals surface area contributed by atoms with Gasteiger partial charge in [0.1, 0.15) is 10.9 Å². The van der Waals surface area contributed by atoms with Crippen LogP contribution in [0.5, 0.6) is 5.75 Å². The Labute approximate surface area is 74.8 Å². The standard InChI is InChI=1S/C9H8ClNO/c1-5-8-6(11-9(5)10)3-2-4-7(8)12/h2-4,11-12H,1H3. The Balaban J connectivity index is 2.97. The summed E-state index contributed by atoms with van der Waals surface area (Å²) in [6.07, 6.45) is 0. The minimum atomic E-state index is 0.271. The number of nitrogens with one attached hydrogen (secondary N) is 1. The van der Waals surface area contributed by atoms with Gasteiger partial charge in [-0.3, -0.25) is 0 Å².